The highest BCUT2D eigenvalue weighted by molar-refractivity contribution is 5.87. The summed E-state index contributed by atoms with van der Waals surface area (Å²) in [6, 6.07) is 5.91. The molecule has 7 nitrogen and oxygen atoms in total. The van der Waals surface area contributed by atoms with Crippen molar-refractivity contribution in [1.82, 2.24) is 0 Å². The summed E-state index contributed by atoms with van der Waals surface area (Å²) in [7, 11) is 0. The number of ether oxygens (including phenoxy) is 3. The molecule has 0 aliphatic rings. The number of para-hydroxylation sites is 1. The Labute approximate surface area is 203 Å². The Morgan fingerprint density at radius 2 is 1.35 bits per heavy atom. The molecule has 0 bridgehead atoms. The number of benzene rings is 1. The molecule has 7 heteroatoms. The zero-order valence-corrected chi connectivity index (χ0v) is 20.9. The summed E-state index contributed by atoms with van der Waals surface area (Å²) < 4.78 is 16.6. The molecule has 0 radical (unpaired) electrons. The Kier molecular flexibility index (Phi) is 13.2. The van der Waals surface area contributed by atoms with E-state index < -0.39 is 17.4 Å². The monoisotopic (exact) mass is 476 g/mol. The van der Waals surface area contributed by atoms with Crippen molar-refractivity contribution in [2.24, 2.45) is 5.41 Å². The summed E-state index contributed by atoms with van der Waals surface area (Å²) in [5, 5.41) is 19.5. The second-order valence-electron chi connectivity index (χ2n) is 8.71. The predicted molar refractivity (Wildman–Crippen MR) is 132 cm³/mol. The molecular weight excluding hydrogens is 436 g/mol. The topological polar surface area (TPSA) is 102 Å². The van der Waals surface area contributed by atoms with Gasteiger partial charge in [-0.05, 0) is 63.5 Å². The van der Waals surface area contributed by atoms with E-state index >= 15 is 0 Å². The first-order chi connectivity index (χ1) is 16.2. The van der Waals surface area contributed by atoms with Crippen molar-refractivity contribution in [1.29, 1.82) is 0 Å². The van der Waals surface area contributed by atoms with Gasteiger partial charge in [0, 0.05) is 16.6 Å². The molecule has 0 fully saturated rings. The first-order valence-corrected chi connectivity index (χ1v) is 11.8. The molecule has 0 heterocycles. The van der Waals surface area contributed by atoms with Gasteiger partial charge in [-0.3, -0.25) is 0 Å². The van der Waals surface area contributed by atoms with E-state index in [1.807, 2.05) is 25.1 Å². The minimum atomic E-state index is -0.581. The maximum Gasteiger partial charge on any atom is 0.333 e. The van der Waals surface area contributed by atoms with Crippen LogP contribution >= 0.6 is 0 Å². The molecule has 2 N–H and O–H groups in total. The summed E-state index contributed by atoms with van der Waals surface area (Å²) >= 11 is 0. The molecular formula is C27H40O7. The molecule has 0 unspecified atom stereocenters. The number of rotatable bonds is 17. The lowest BCUT2D eigenvalue weighted by Gasteiger charge is -2.28. The van der Waals surface area contributed by atoms with E-state index in [1.165, 1.54) is 0 Å². The summed E-state index contributed by atoms with van der Waals surface area (Å²) in [5.41, 5.74) is 2.12. The fourth-order valence-corrected chi connectivity index (χ4v) is 3.30. The molecule has 1 aromatic rings. The summed E-state index contributed by atoms with van der Waals surface area (Å²) in [6.07, 6.45) is 3.70. The fourth-order valence-electron chi connectivity index (χ4n) is 3.30. The van der Waals surface area contributed by atoms with Crippen LogP contribution in [0.1, 0.15) is 57.6 Å². The third-order valence-electron chi connectivity index (χ3n) is 5.82. The van der Waals surface area contributed by atoms with E-state index in [2.05, 4.69) is 13.2 Å². The number of aliphatic hydroxyl groups excluding tert-OH is 2. The van der Waals surface area contributed by atoms with Crippen molar-refractivity contribution >= 4 is 11.9 Å². The molecule has 1 aromatic carbocycles. The number of esters is 2. The lowest BCUT2D eigenvalue weighted by Crippen LogP contribution is -2.31. The van der Waals surface area contributed by atoms with Gasteiger partial charge in [0.25, 0.3) is 0 Å². The molecule has 0 aliphatic heterocycles. The minimum absolute atomic E-state index is 0.111. The number of carbonyl (C=O) groups excluding carboxylic acids is 2. The van der Waals surface area contributed by atoms with Crippen molar-refractivity contribution in [2.75, 3.05) is 33.0 Å². The Morgan fingerprint density at radius 1 is 0.882 bits per heavy atom. The predicted octanol–water partition coefficient (Wildman–Crippen LogP) is 3.94. The van der Waals surface area contributed by atoms with E-state index in [-0.39, 0.29) is 26.4 Å². The van der Waals surface area contributed by atoms with Crippen molar-refractivity contribution in [3.63, 3.8) is 0 Å². The zero-order chi connectivity index (χ0) is 25.6. The van der Waals surface area contributed by atoms with Crippen LogP contribution in [0.3, 0.4) is 0 Å². The average Bonchev–Trinajstić information content (AvgIpc) is 2.83. The van der Waals surface area contributed by atoms with E-state index in [1.54, 1.807) is 13.8 Å². The van der Waals surface area contributed by atoms with Crippen molar-refractivity contribution in [3.8, 4) is 5.75 Å². The van der Waals surface area contributed by atoms with Gasteiger partial charge in [-0.25, -0.2) is 9.59 Å². The number of aliphatic hydroxyl groups is 2. The second kappa shape index (κ2) is 15.3. The molecule has 0 atom stereocenters. The van der Waals surface area contributed by atoms with E-state index in [0.29, 0.717) is 56.3 Å². The minimum Gasteiger partial charge on any atom is -0.493 e. The van der Waals surface area contributed by atoms with Crippen LogP contribution in [0.25, 0.3) is 0 Å². The van der Waals surface area contributed by atoms with Gasteiger partial charge in [0.15, 0.2) is 0 Å². The van der Waals surface area contributed by atoms with Crippen LogP contribution < -0.4 is 4.74 Å². The number of carbonyl (C=O) groups is 2. The highest BCUT2D eigenvalue weighted by Crippen LogP contribution is 2.30. The van der Waals surface area contributed by atoms with Gasteiger partial charge in [-0.1, -0.05) is 38.3 Å². The van der Waals surface area contributed by atoms with Crippen molar-refractivity contribution in [2.45, 2.75) is 59.3 Å². The van der Waals surface area contributed by atoms with E-state index in [0.717, 1.165) is 16.9 Å². The van der Waals surface area contributed by atoms with Gasteiger partial charge in [-0.15, -0.1) is 0 Å². The highest BCUT2D eigenvalue weighted by Gasteiger charge is 2.26. The Bertz CT molecular complexity index is 764. The van der Waals surface area contributed by atoms with Crippen LogP contribution in [0.2, 0.25) is 0 Å². The average molecular weight is 477 g/mol. The molecule has 190 valence electrons. The SMILES string of the molecule is C=C(C)C(=O)OCCCc1cccc(CCCOC(=O)C(=C)C)c1OCCC(CC)(CO)CO. The first kappa shape index (κ1) is 29.4. The van der Waals surface area contributed by atoms with Crippen molar-refractivity contribution < 1.29 is 34.0 Å². The number of aryl methyl sites for hydroxylation is 2. The molecule has 0 saturated carbocycles. The second-order valence-corrected chi connectivity index (χ2v) is 8.71. The van der Waals surface area contributed by atoms with Crippen molar-refractivity contribution in [3.05, 3.63) is 53.6 Å². The highest BCUT2D eigenvalue weighted by atomic mass is 16.5. The van der Waals surface area contributed by atoms with Gasteiger partial charge in [0.2, 0.25) is 0 Å². The van der Waals surface area contributed by atoms with Crippen LogP contribution in [0.4, 0.5) is 0 Å². The fraction of sp³-hybridized carbons (Fsp3) is 0.556. The zero-order valence-electron chi connectivity index (χ0n) is 20.9. The normalized spacial score (nSPS) is 11.1. The van der Waals surface area contributed by atoms with E-state index in [9.17, 15) is 19.8 Å². The number of hydrogen-bond acceptors (Lipinski definition) is 7. The molecule has 34 heavy (non-hydrogen) atoms. The smallest absolute Gasteiger partial charge is 0.333 e. The maximum atomic E-state index is 11.6. The summed E-state index contributed by atoms with van der Waals surface area (Å²) in [6.45, 7) is 13.0. The van der Waals surface area contributed by atoms with Gasteiger partial charge in [0.05, 0.1) is 33.0 Å². The lowest BCUT2D eigenvalue weighted by atomic mass is 9.84. The first-order valence-electron chi connectivity index (χ1n) is 11.8. The maximum absolute atomic E-state index is 11.6. The van der Waals surface area contributed by atoms with Gasteiger partial charge in [-0.2, -0.15) is 0 Å². The van der Waals surface area contributed by atoms with Gasteiger partial charge < -0.3 is 24.4 Å². The molecule has 1 rings (SSSR count). The van der Waals surface area contributed by atoms with Crippen LogP contribution in [-0.2, 0) is 31.9 Å². The molecule has 0 saturated heterocycles. The van der Waals surface area contributed by atoms with E-state index in [4.69, 9.17) is 14.2 Å². The third-order valence-corrected chi connectivity index (χ3v) is 5.82. The lowest BCUT2D eigenvalue weighted by molar-refractivity contribution is -0.139. The quantitative estimate of drug-likeness (QED) is 0.199. The standard InChI is InChI=1S/C27H40O7/c1-6-27(18-28,19-29)14-17-32-24-22(12-8-15-33-25(30)20(2)3)10-7-11-23(24)13-9-16-34-26(31)21(4)5/h7,10-11,28-29H,2,4,6,8-9,12-19H2,1,3,5H3. The summed E-state index contributed by atoms with van der Waals surface area (Å²) in [5.74, 6) is -0.0577. The Hall–Kier alpha value is -2.64. The van der Waals surface area contributed by atoms with Crippen LogP contribution in [0, 0.1) is 5.41 Å². The molecule has 0 spiro atoms. The van der Waals surface area contributed by atoms with Crippen LogP contribution in [0.5, 0.6) is 5.75 Å². The number of hydrogen-bond donors (Lipinski definition) is 2. The molecule has 0 aliphatic carbocycles. The summed E-state index contributed by atoms with van der Waals surface area (Å²) in [4.78, 5) is 23.2. The van der Waals surface area contributed by atoms with Gasteiger partial charge >= 0.3 is 11.9 Å². The Morgan fingerprint density at radius 3 is 1.74 bits per heavy atom. The van der Waals surface area contributed by atoms with Gasteiger partial charge in [0.1, 0.15) is 5.75 Å². The van der Waals surface area contributed by atoms with Crippen LogP contribution in [-0.4, -0.2) is 55.2 Å². The largest absolute Gasteiger partial charge is 0.493 e. The third kappa shape index (κ3) is 9.69. The molecule has 0 amide bonds. The molecule has 0 aromatic heterocycles. The Balaban J connectivity index is 2.88. The van der Waals surface area contributed by atoms with Crippen LogP contribution in [0.15, 0.2) is 42.5 Å².